The van der Waals surface area contributed by atoms with Crippen LogP contribution in [0.1, 0.15) is 50.6 Å². The maximum atomic E-state index is 12.8. The summed E-state index contributed by atoms with van der Waals surface area (Å²) in [5.41, 5.74) is 7.33. The van der Waals surface area contributed by atoms with Crippen molar-refractivity contribution in [3.05, 3.63) is 35.9 Å². The van der Waals surface area contributed by atoms with Crippen LogP contribution in [0, 0.1) is 5.92 Å². The van der Waals surface area contributed by atoms with E-state index in [1.165, 1.54) is 12.8 Å². The van der Waals surface area contributed by atoms with Gasteiger partial charge in [0.25, 0.3) is 0 Å². The number of benzene rings is 1. The highest BCUT2D eigenvalue weighted by Gasteiger charge is 2.30. The zero-order valence-electron chi connectivity index (χ0n) is 16.2. The lowest BCUT2D eigenvalue weighted by atomic mass is 9.93. The molecular formula is C21H33ClN2O3. The molecule has 2 aliphatic heterocycles. The molecule has 2 heterocycles. The smallest absolute Gasteiger partial charge is 0.227 e. The predicted molar refractivity (Wildman–Crippen MR) is 109 cm³/mol. The first-order chi connectivity index (χ1) is 12.6. The lowest BCUT2D eigenvalue weighted by Crippen LogP contribution is -2.45. The van der Waals surface area contributed by atoms with Gasteiger partial charge in [0, 0.05) is 25.7 Å². The Labute approximate surface area is 169 Å². The van der Waals surface area contributed by atoms with Crippen molar-refractivity contribution < 1.29 is 14.3 Å². The van der Waals surface area contributed by atoms with Crippen molar-refractivity contribution in [1.29, 1.82) is 0 Å². The van der Waals surface area contributed by atoms with Gasteiger partial charge in [0.1, 0.15) is 0 Å². The number of hydrogen-bond acceptors (Lipinski definition) is 4. The second-order valence-corrected chi connectivity index (χ2v) is 7.57. The normalized spacial score (nSPS) is 23.3. The second kappa shape index (κ2) is 11.0. The van der Waals surface area contributed by atoms with Gasteiger partial charge in [0.05, 0.1) is 24.7 Å². The first-order valence-corrected chi connectivity index (χ1v) is 9.97. The summed E-state index contributed by atoms with van der Waals surface area (Å²) in [6.07, 6.45) is 5.79. The third-order valence-corrected chi connectivity index (χ3v) is 5.66. The van der Waals surface area contributed by atoms with Gasteiger partial charge in [-0.3, -0.25) is 4.79 Å². The van der Waals surface area contributed by atoms with Crippen molar-refractivity contribution in [3.63, 3.8) is 0 Å². The van der Waals surface area contributed by atoms with Crippen LogP contribution in [0.3, 0.4) is 0 Å². The number of nitrogens with zero attached hydrogens (tertiary/aromatic N) is 1. The molecule has 3 unspecified atom stereocenters. The summed E-state index contributed by atoms with van der Waals surface area (Å²) >= 11 is 0. The maximum absolute atomic E-state index is 12.8. The maximum Gasteiger partial charge on any atom is 0.227 e. The Hall–Kier alpha value is -1.14. The first-order valence-electron chi connectivity index (χ1n) is 9.97. The number of ether oxygens (including phenoxy) is 2. The van der Waals surface area contributed by atoms with Crippen molar-refractivity contribution in [2.45, 2.75) is 57.3 Å². The highest BCUT2D eigenvalue weighted by Crippen LogP contribution is 2.24. The zero-order chi connectivity index (χ0) is 18.4. The van der Waals surface area contributed by atoms with Crippen LogP contribution in [0.4, 0.5) is 0 Å². The van der Waals surface area contributed by atoms with Gasteiger partial charge >= 0.3 is 0 Å². The molecule has 0 spiro atoms. The summed E-state index contributed by atoms with van der Waals surface area (Å²) in [6.45, 7) is 4.99. The highest BCUT2D eigenvalue weighted by atomic mass is 35.5. The third-order valence-electron chi connectivity index (χ3n) is 5.66. The van der Waals surface area contributed by atoms with Crippen LogP contribution in [-0.2, 0) is 14.3 Å². The van der Waals surface area contributed by atoms with Crippen molar-refractivity contribution in [2.75, 3.05) is 26.3 Å². The second-order valence-electron chi connectivity index (χ2n) is 7.57. The van der Waals surface area contributed by atoms with Crippen LogP contribution < -0.4 is 5.73 Å². The van der Waals surface area contributed by atoms with E-state index < -0.39 is 0 Å². The van der Waals surface area contributed by atoms with E-state index in [-0.39, 0.29) is 42.5 Å². The Morgan fingerprint density at radius 1 is 1.22 bits per heavy atom. The first kappa shape index (κ1) is 22.2. The Bertz CT molecular complexity index is 558. The summed E-state index contributed by atoms with van der Waals surface area (Å²) in [5.74, 6) is -0.0686. The molecule has 2 N–H and O–H groups in total. The van der Waals surface area contributed by atoms with Gasteiger partial charge in [-0.1, -0.05) is 37.3 Å². The Kier molecular flexibility index (Phi) is 9.03. The average molecular weight is 397 g/mol. The standard InChI is InChI=1S/C21H32N2O3.ClH/c1-16(20(22)17-7-3-2-4-8-17)21(24)23-12-10-18(11-13-23)26-15-19-9-5-6-14-25-19;/h2-4,7-8,16,18-20H,5-6,9-15,22H2,1H3;1H. The van der Waals surface area contributed by atoms with E-state index in [1.807, 2.05) is 42.2 Å². The molecule has 0 aliphatic carbocycles. The van der Waals surface area contributed by atoms with E-state index in [2.05, 4.69) is 0 Å². The van der Waals surface area contributed by atoms with Gasteiger partial charge in [-0.2, -0.15) is 0 Å². The lowest BCUT2D eigenvalue weighted by Gasteiger charge is -2.35. The van der Waals surface area contributed by atoms with Crippen molar-refractivity contribution in [1.82, 2.24) is 4.90 Å². The number of rotatable bonds is 6. The number of hydrogen-bond donors (Lipinski definition) is 1. The van der Waals surface area contributed by atoms with Gasteiger partial charge in [-0.15, -0.1) is 12.4 Å². The number of halogens is 1. The predicted octanol–water partition coefficient (Wildman–Crippen LogP) is 3.32. The summed E-state index contributed by atoms with van der Waals surface area (Å²) in [6, 6.07) is 9.60. The summed E-state index contributed by atoms with van der Waals surface area (Å²) < 4.78 is 11.8. The minimum Gasteiger partial charge on any atom is -0.376 e. The van der Waals surface area contributed by atoms with Crippen LogP contribution in [0.5, 0.6) is 0 Å². The fourth-order valence-electron chi connectivity index (χ4n) is 3.83. The largest absolute Gasteiger partial charge is 0.376 e. The summed E-state index contributed by atoms with van der Waals surface area (Å²) in [4.78, 5) is 14.8. The number of nitrogens with two attached hydrogens (primary N) is 1. The van der Waals surface area contributed by atoms with Gasteiger partial charge in [0.2, 0.25) is 5.91 Å². The minimum absolute atomic E-state index is 0. The number of amides is 1. The van der Waals surface area contributed by atoms with Crippen molar-refractivity contribution >= 4 is 18.3 Å². The lowest BCUT2D eigenvalue weighted by molar-refractivity contribution is -0.139. The van der Waals surface area contributed by atoms with Crippen LogP contribution in [0.2, 0.25) is 0 Å². The third kappa shape index (κ3) is 6.18. The van der Waals surface area contributed by atoms with Crippen LogP contribution >= 0.6 is 12.4 Å². The van der Waals surface area contributed by atoms with E-state index in [1.54, 1.807) is 0 Å². The molecule has 3 rings (SSSR count). The van der Waals surface area contributed by atoms with Gasteiger partial charge < -0.3 is 20.1 Å². The molecule has 0 bridgehead atoms. The molecule has 3 atom stereocenters. The Balaban J connectivity index is 0.00000261. The van der Waals surface area contributed by atoms with Crippen LogP contribution in [0.25, 0.3) is 0 Å². The van der Waals surface area contributed by atoms with E-state index in [0.717, 1.165) is 44.5 Å². The van der Waals surface area contributed by atoms with Crippen molar-refractivity contribution in [2.24, 2.45) is 11.7 Å². The fraction of sp³-hybridized carbons (Fsp3) is 0.667. The molecule has 152 valence electrons. The molecule has 0 saturated carbocycles. The molecule has 2 aliphatic rings. The molecule has 2 fully saturated rings. The molecular weight excluding hydrogens is 364 g/mol. The average Bonchev–Trinajstić information content (AvgIpc) is 2.72. The van der Waals surface area contributed by atoms with Gasteiger partial charge in [-0.05, 0) is 37.7 Å². The zero-order valence-corrected chi connectivity index (χ0v) is 17.0. The van der Waals surface area contributed by atoms with Gasteiger partial charge in [0.15, 0.2) is 0 Å². The highest BCUT2D eigenvalue weighted by molar-refractivity contribution is 5.85. The number of carbonyl (C=O) groups is 1. The monoisotopic (exact) mass is 396 g/mol. The summed E-state index contributed by atoms with van der Waals surface area (Å²) in [7, 11) is 0. The van der Waals surface area contributed by atoms with Crippen LogP contribution in [-0.4, -0.2) is 49.3 Å². The van der Waals surface area contributed by atoms with Crippen LogP contribution in [0.15, 0.2) is 30.3 Å². The molecule has 1 aromatic carbocycles. The summed E-state index contributed by atoms with van der Waals surface area (Å²) in [5, 5.41) is 0. The number of likely N-dealkylation sites (tertiary alicyclic amines) is 1. The topological polar surface area (TPSA) is 64.8 Å². The Morgan fingerprint density at radius 3 is 2.56 bits per heavy atom. The molecule has 2 saturated heterocycles. The molecule has 5 nitrogen and oxygen atoms in total. The molecule has 27 heavy (non-hydrogen) atoms. The van der Waals surface area contributed by atoms with E-state index in [9.17, 15) is 4.79 Å². The van der Waals surface area contributed by atoms with E-state index in [4.69, 9.17) is 15.2 Å². The molecule has 6 heteroatoms. The minimum atomic E-state index is -0.263. The molecule has 1 amide bonds. The molecule has 0 aromatic heterocycles. The molecule has 1 aromatic rings. The van der Waals surface area contributed by atoms with E-state index in [0.29, 0.717) is 6.61 Å². The quantitative estimate of drug-likeness (QED) is 0.801. The van der Waals surface area contributed by atoms with Gasteiger partial charge in [-0.25, -0.2) is 0 Å². The molecule has 0 radical (unpaired) electrons. The Morgan fingerprint density at radius 2 is 1.93 bits per heavy atom. The van der Waals surface area contributed by atoms with E-state index >= 15 is 0 Å². The number of carbonyl (C=O) groups excluding carboxylic acids is 1. The number of piperidine rings is 1. The fourth-order valence-corrected chi connectivity index (χ4v) is 3.83. The van der Waals surface area contributed by atoms with Crippen molar-refractivity contribution in [3.8, 4) is 0 Å². The SMILES string of the molecule is CC(C(=O)N1CCC(OCC2CCCCO2)CC1)C(N)c1ccccc1.Cl.